The average molecular weight is 243 g/mol. The molecule has 94 valence electrons. The van der Waals surface area contributed by atoms with Crippen molar-refractivity contribution < 1.29 is 4.74 Å². The van der Waals surface area contributed by atoms with Crippen molar-refractivity contribution in [2.75, 3.05) is 5.43 Å². The van der Waals surface area contributed by atoms with Gasteiger partial charge in [0.2, 0.25) is 0 Å². The molecule has 0 aliphatic rings. The third kappa shape index (κ3) is 2.78. The molecule has 2 rings (SSSR count). The number of ether oxygens (including phenoxy) is 1. The van der Waals surface area contributed by atoms with Crippen LogP contribution in [0.5, 0.6) is 5.75 Å². The molecule has 0 spiro atoms. The molecule has 0 aliphatic carbocycles. The van der Waals surface area contributed by atoms with Crippen LogP contribution >= 0.6 is 0 Å². The number of nitrogens with zero attached hydrogens (tertiary/aromatic N) is 1. The molecule has 1 aromatic carbocycles. The zero-order chi connectivity index (χ0) is 13.0. The number of nitrogen functional groups attached to an aromatic ring is 1. The zero-order valence-corrected chi connectivity index (χ0v) is 10.6. The third-order valence-corrected chi connectivity index (χ3v) is 2.92. The summed E-state index contributed by atoms with van der Waals surface area (Å²) in [6, 6.07) is 9.82. The fourth-order valence-electron chi connectivity index (χ4n) is 1.68. The van der Waals surface area contributed by atoms with Gasteiger partial charge in [-0.15, -0.1) is 0 Å². The van der Waals surface area contributed by atoms with E-state index in [2.05, 4.69) is 30.3 Å². The lowest BCUT2D eigenvalue weighted by molar-refractivity contribution is 0.304. The predicted octanol–water partition coefficient (Wildman–Crippen LogP) is 2.56. The maximum absolute atomic E-state index is 5.81. The second-order valence-corrected chi connectivity index (χ2v) is 4.18. The number of benzene rings is 1. The first-order valence-corrected chi connectivity index (χ1v) is 5.81. The van der Waals surface area contributed by atoms with Crippen LogP contribution in [0, 0.1) is 13.8 Å². The van der Waals surface area contributed by atoms with Crippen LogP contribution in [-0.2, 0) is 6.61 Å². The van der Waals surface area contributed by atoms with E-state index in [-0.39, 0.29) is 0 Å². The Morgan fingerprint density at radius 2 is 2.11 bits per heavy atom. The average Bonchev–Trinajstić information content (AvgIpc) is 2.41. The minimum Gasteiger partial charge on any atom is -0.489 e. The fourth-order valence-corrected chi connectivity index (χ4v) is 1.68. The van der Waals surface area contributed by atoms with E-state index < -0.39 is 0 Å². The van der Waals surface area contributed by atoms with E-state index in [4.69, 9.17) is 10.6 Å². The van der Waals surface area contributed by atoms with Crippen molar-refractivity contribution in [1.29, 1.82) is 0 Å². The number of aryl methyl sites for hydroxylation is 1. The highest BCUT2D eigenvalue weighted by Gasteiger charge is 2.02. The Balaban J connectivity index is 2.09. The minimum atomic E-state index is 0.501. The Labute approximate surface area is 107 Å². The SMILES string of the molecule is Cc1cccc(OCc2ccnc(NN)c2)c1C. The molecule has 18 heavy (non-hydrogen) atoms. The Bertz CT molecular complexity index is 540. The molecule has 0 fully saturated rings. The van der Waals surface area contributed by atoms with Crippen LogP contribution < -0.4 is 16.0 Å². The van der Waals surface area contributed by atoms with E-state index in [1.165, 1.54) is 11.1 Å². The van der Waals surface area contributed by atoms with Crippen LogP contribution in [0.4, 0.5) is 5.82 Å². The Kier molecular flexibility index (Phi) is 3.79. The van der Waals surface area contributed by atoms with E-state index in [1.807, 2.05) is 24.3 Å². The van der Waals surface area contributed by atoms with Crippen molar-refractivity contribution in [2.45, 2.75) is 20.5 Å². The summed E-state index contributed by atoms with van der Waals surface area (Å²) in [4.78, 5) is 4.05. The molecule has 3 N–H and O–H groups in total. The Hall–Kier alpha value is -2.07. The molecule has 0 bridgehead atoms. The molecule has 2 aromatic rings. The summed E-state index contributed by atoms with van der Waals surface area (Å²) in [5, 5.41) is 0. The van der Waals surface area contributed by atoms with E-state index in [0.29, 0.717) is 12.4 Å². The van der Waals surface area contributed by atoms with Gasteiger partial charge in [-0.3, -0.25) is 0 Å². The normalized spacial score (nSPS) is 10.2. The highest BCUT2D eigenvalue weighted by Crippen LogP contribution is 2.21. The van der Waals surface area contributed by atoms with Crippen LogP contribution in [0.2, 0.25) is 0 Å². The number of nitrogens with two attached hydrogens (primary N) is 1. The number of nitrogens with one attached hydrogen (secondary N) is 1. The first kappa shape index (κ1) is 12.4. The summed E-state index contributed by atoms with van der Waals surface area (Å²) in [6.45, 7) is 4.64. The van der Waals surface area contributed by atoms with E-state index >= 15 is 0 Å². The van der Waals surface area contributed by atoms with E-state index in [0.717, 1.165) is 11.3 Å². The van der Waals surface area contributed by atoms with Crippen LogP contribution in [0.3, 0.4) is 0 Å². The lowest BCUT2D eigenvalue weighted by Gasteiger charge is -2.11. The van der Waals surface area contributed by atoms with Gasteiger partial charge in [0.05, 0.1) is 0 Å². The van der Waals surface area contributed by atoms with Crippen molar-refractivity contribution in [3.8, 4) is 5.75 Å². The van der Waals surface area contributed by atoms with E-state index in [9.17, 15) is 0 Å². The second kappa shape index (κ2) is 5.51. The van der Waals surface area contributed by atoms with Gasteiger partial charge in [0.15, 0.2) is 0 Å². The number of pyridine rings is 1. The first-order valence-electron chi connectivity index (χ1n) is 5.81. The smallest absolute Gasteiger partial charge is 0.140 e. The summed E-state index contributed by atoms with van der Waals surface area (Å²) in [6.07, 6.45) is 1.71. The molecule has 0 saturated heterocycles. The highest BCUT2D eigenvalue weighted by molar-refractivity contribution is 5.39. The van der Waals surface area contributed by atoms with Gasteiger partial charge >= 0.3 is 0 Å². The molecule has 4 nitrogen and oxygen atoms in total. The number of anilines is 1. The van der Waals surface area contributed by atoms with Crippen molar-refractivity contribution in [3.63, 3.8) is 0 Å². The van der Waals surface area contributed by atoms with Gasteiger partial charge < -0.3 is 10.2 Å². The molecule has 0 unspecified atom stereocenters. The van der Waals surface area contributed by atoms with Crippen LogP contribution in [0.25, 0.3) is 0 Å². The number of rotatable bonds is 4. The van der Waals surface area contributed by atoms with Gasteiger partial charge in [-0.1, -0.05) is 12.1 Å². The lowest BCUT2D eigenvalue weighted by Crippen LogP contribution is -2.09. The van der Waals surface area contributed by atoms with Crippen molar-refractivity contribution in [3.05, 3.63) is 53.2 Å². The first-order chi connectivity index (χ1) is 8.70. The largest absolute Gasteiger partial charge is 0.489 e. The van der Waals surface area contributed by atoms with Crippen LogP contribution in [-0.4, -0.2) is 4.98 Å². The van der Waals surface area contributed by atoms with Crippen LogP contribution in [0.1, 0.15) is 16.7 Å². The van der Waals surface area contributed by atoms with Gasteiger partial charge in [0.25, 0.3) is 0 Å². The number of hydrogen-bond donors (Lipinski definition) is 2. The fraction of sp³-hybridized carbons (Fsp3) is 0.214. The van der Waals surface area contributed by atoms with Gasteiger partial charge in [0.1, 0.15) is 18.2 Å². The molecule has 1 aromatic heterocycles. The van der Waals surface area contributed by atoms with Crippen molar-refractivity contribution in [2.24, 2.45) is 5.84 Å². The molecule has 1 heterocycles. The molecule has 0 saturated carbocycles. The maximum atomic E-state index is 5.81. The predicted molar refractivity (Wildman–Crippen MR) is 72.3 cm³/mol. The van der Waals surface area contributed by atoms with Gasteiger partial charge in [0, 0.05) is 6.20 Å². The molecular formula is C14H17N3O. The van der Waals surface area contributed by atoms with Gasteiger partial charge in [-0.25, -0.2) is 10.8 Å². The summed E-state index contributed by atoms with van der Waals surface area (Å²) in [5.41, 5.74) is 5.94. The third-order valence-electron chi connectivity index (χ3n) is 2.92. The summed E-state index contributed by atoms with van der Waals surface area (Å²) < 4.78 is 5.81. The Morgan fingerprint density at radius 3 is 2.89 bits per heavy atom. The number of hydrazine groups is 1. The topological polar surface area (TPSA) is 60.2 Å². The minimum absolute atomic E-state index is 0.501. The molecule has 0 aliphatic heterocycles. The quantitative estimate of drug-likeness (QED) is 0.640. The van der Waals surface area contributed by atoms with Crippen molar-refractivity contribution >= 4 is 5.82 Å². The second-order valence-electron chi connectivity index (χ2n) is 4.18. The molecule has 0 radical (unpaired) electrons. The monoisotopic (exact) mass is 243 g/mol. The summed E-state index contributed by atoms with van der Waals surface area (Å²) in [7, 11) is 0. The summed E-state index contributed by atoms with van der Waals surface area (Å²) >= 11 is 0. The lowest BCUT2D eigenvalue weighted by atomic mass is 10.1. The molecule has 0 amide bonds. The highest BCUT2D eigenvalue weighted by atomic mass is 16.5. The van der Waals surface area contributed by atoms with Gasteiger partial charge in [-0.2, -0.15) is 0 Å². The van der Waals surface area contributed by atoms with Crippen molar-refractivity contribution in [1.82, 2.24) is 4.98 Å². The molecular weight excluding hydrogens is 226 g/mol. The standard InChI is InChI=1S/C14H17N3O/c1-10-4-3-5-13(11(10)2)18-9-12-6-7-16-14(8-12)17-15/h3-8H,9,15H2,1-2H3,(H,16,17). The van der Waals surface area contributed by atoms with Gasteiger partial charge in [-0.05, 0) is 48.7 Å². The van der Waals surface area contributed by atoms with E-state index in [1.54, 1.807) is 6.20 Å². The van der Waals surface area contributed by atoms with Crippen LogP contribution in [0.15, 0.2) is 36.5 Å². The Morgan fingerprint density at radius 1 is 1.28 bits per heavy atom. The summed E-state index contributed by atoms with van der Waals surface area (Å²) in [5.74, 6) is 6.86. The number of aromatic nitrogens is 1. The molecule has 4 heteroatoms. The molecule has 0 atom stereocenters. The number of hydrogen-bond acceptors (Lipinski definition) is 4. The zero-order valence-electron chi connectivity index (χ0n) is 10.6. The maximum Gasteiger partial charge on any atom is 0.140 e.